The lowest BCUT2D eigenvalue weighted by atomic mass is 9.96. The third-order valence-corrected chi connectivity index (χ3v) is 5.16. The Morgan fingerprint density at radius 3 is 2.44 bits per heavy atom. The van der Waals surface area contributed by atoms with Gasteiger partial charge in [0.25, 0.3) is 5.91 Å². The second-order valence-corrected chi connectivity index (χ2v) is 6.94. The topological polar surface area (TPSA) is 63.4 Å². The normalized spacial score (nSPS) is 17.4. The first-order valence-corrected chi connectivity index (χ1v) is 8.78. The van der Waals surface area contributed by atoms with E-state index in [-0.39, 0.29) is 17.7 Å². The Morgan fingerprint density at radius 1 is 1.12 bits per heavy atom. The molecule has 1 aliphatic heterocycles. The number of rotatable bonds is 3. The van der Waals surface area contributed by atoms with Crippen LogP contribution in [0.5, 0.6) is 0 Å². The van der Waals surface area contributed by atoms with Crippen LogP contribution in [0.3, 0.4) is 0 Å². The molecular formula is C20H21ClN2O2. The minimum absolute atomic E-state index is 0.0511. The van der Waals surface area contributed by atoms with Crippen molar-refractivity contribution in [2.45, 2.75) is 19.8 Å². The second-order valence-electron chi connectivity index (χ2n) is 6.53. The van der Waals surface area contributed by atoms with Gasteiger partial charge in [0.15, 0.2) is 0 Å². The van der Waals surface area contributed by atoms with Crippen LogP contribution in [0.2, 0.25) is 5.02 Å². The van der Waals surface area contributed by atoms with Crippen molar-refractivity contribution in [3.63, 3.8) is 0 Å². The number of piperidine rings is 1. The fourth-order valence-corrected chi connectivity index (χ4v) is 3.32. The first kappa shape index (κ1) is 17.5. The molecule has 1 heterocycles. The van der Waals surface area contributed by atoms with E-state index < -0.39 is 0 Å². The van der Waals surface area contributed by atoms with Gasteiger partial charge < -0.3 is 10.6 Å². The highest BCUT2D eigenvalue weighted by atomic mass is 35.5. The Kier molecular flexibility index (Phi) is 5.09. The Balaban J connectivity index is 1.76. The summed E-state index contributed by atoms with van der Waals surface area (Å²) in [6, 6.07) is 13.4. The van der Waals surface area contributed by atoms with Gasteiger partial charge in [0.05, 0.1) is 5.92 Å². The standard InChI is InChI=1S/C20H21ClN2O2/c1-13-11-16(8-9-18(13)21)14-4-6-15(7-5-14)20(25)23-10-2-3-17(12-23)19(22)24/h4-9,11,17H,2-3,10,12H2,1H3,(H2,22,24). The van der Waals surface area contributed by atoms with Gasteiger partial charge in [0, 0.05) is 23.7 Å². The van der Waals surface area contributed by atoms with Gasteiger partial charge in [-0.2, -0.15) is 0 Å². The van der Waals surface area contributed by atoms with E-state index in [1.54, 1.807) is 4.90 Å². The zero-order valence-corrected chi connectivity index (χ0v) is 14.9. The molecule has 2 aromatic rings. The molecule has 3 rings (SSSR count). The maximum atomic E-state index is 12.7. The van der Waals surface area contributed by atoms with E-state index in [1.807, 2.05) is 49.4 Å². The van der Waals surface area contributed by atoms with E-state index in [1.165, 1.54) is 0 Å². The summed E-state index contributed by atoms with van der Waals surface area (Å²) in [5.41, 5.74) is 9.13. The Hall–Kier alpha value is -2.33. The number of carbonyl (C=O) groups is 2. The molecule has 2 aromatic carbocycles. The molecule has 0 radical (unpaired) electrons. The third kappa shape index (κ3) is 3.85. The summed E-state index contributed by atoms with van der Waals surface area (Å²) in [7, 11) is 0. The van der Waals surface area contributed by atoms with Crippen LogP contribution in [0.25, 0.3) is 11.1 Å². The van der Waals surface area contributed by atoms with Gasteiger partial charge in [0.1, 0.15) is 0 Å². The highest BCUT2D eigenvalue weighted by Crippen LogP contribution is 2.26. The number of primary amides is 1. The molecule has 0 spiro atoms. The molecule has 0 aliphatic carbocycles. The van der Waals surface area contributed by atoms with E-state index in [9.17, 15) is 9.59 Å². The maximum absolute atomic E-state index is 12.7. The lowest BCUT2D eigenvalue weighted by Gasteiger charge is -2.31. The number of likely N-dealkylation sites (tertiary alicyclic amines) is 1. The maximum Gasteiger partial charge on any atom is 0.253 e. The second kappa shape index (κ2) is 7.28. The number of nitrogens with zero attached hydrogens (tertiary/aromatic N) is 1. The molecule has 1 fully saturated rings. The van der Waals surface area contributed by atoms with Crippen molar-refractivity contribution in [3.05, 3.63) is 58.6 Å². The molecule has 1 atom stereocenters. The van der Waals surface area contributed by atoms with Crippen LogP contribution in [0.4, 0.5) is 0 Å². The Morgan fingerprint density at radius 2 is 1.80 bits per heavy atom. The SMILES string of the molecule is Cc1cc(-c2ccc(C(=O)N3CCCC(C(N)=O)C3)cc2)ccc1Cl. The van der Waals surface area contributed by atoms with Crippen molar-refractivity contribution in [2.75, 3.05) is 13.1 Å². The molecule has 130 valence electrons. The molecule has 1 unspecified atom stereocenters. The van der Waals surface area contributed by atoms with Crippen molar-refractivity contribution in [1.82, 2.24) is 4.90 Å². The van der Waals surface area contributed by atoms with Crippen LogP contribution in [0, 0.1) is 12.8 Å². The highest BCUT2D eigenvalue weighted by Gasteiger charge is 2.27. The number of hydrogen-bond acceptors (Lipinski definition) is 2. The van der Waals surface area contributed by atoms with Crippen LogP contribution >= 0.6 is 11.6 Å². The molecule has 4 nitrogen and oxygen atoms in total. The lowest BCUT2D eigenvalue weighted by Crippen LogP contribution is -2.44. The number of hydrogen-bond donors (Lipinski definition) is 1. The van der Waals surface area contributed by atoms with Crippen LogP contribution in [-0.2, 0) is 4.79 Å². The van der Waals surface area contributed by atoms with E-state index in [0.717, 1.165) is 34.6 Å². The van der Waals surface area contributed by atoms with Crippen LogP contribution in [-0.4, -0.2) is 29.8 Å². The summed E-state index contributed by atoms with van der Waals surface area (Å²) in [5, 5.41) is 0.740. The molecule has 25 heavy (non-hydrogen) atoms. The monoisotopic (exact) mass is 356 g/mol. The van der Waals surface area contributed by atoms with Crippen LogP contribution < -0.4 is 5.73 Å². The quantitative estimate of drug-likeness (QED) is 0.912. The zero-order valence-electron chi connectivity index (χ0n) is 14.2. The molecule has 5 heteroatoms. The minimum Gasteiger partial charge on any atom is -0.369 e. The summed E-state index contributed by atoms with van der Waals surface area (Å²) in [6.45, 7) is 3.04. The summed E-state index contributed by atoms with van der Waals surface area (Å²) in [4.78, 5) is 25.8. The van der Waals surface area contributed by atoms with Gasteiger partial charge in [-0.15, -0.1) is 0 Å². The minimum atomic E-state index is -0.328. The first-order chi connectivity index (χ1) is 12.0. The van der Waals surface area contributed by atoms with Crippen molar-refractivity contribution in [3.8, 4) is 11.1 Å². The predicted molar refractivity (Wildman–Crippen MR) is 99.4 cm³/mol. The zero-order chi connectivity index (χ0) is 18.0. The highest BCUT2D eigenvalue weighted by molar-refractivity contribution is 6.31. The van der Waals surface area contributed by atoms with E-state index in [2.05, 4.69) is 0 Å². The van der Waals surface area contributed by atoms with E-state index in [0.29, 0.717) is 18.7 Å². The van der Waals surface area contributed by atoms with Crippen LogP contribution in [0.15, 0.2) is 42.5 Å². The van der Waals surface area contributed by atoms with Gasteiger partial charge >= 0.3 is 0 Å². The van der Waals surface area contributed by atoms with Gasteiger partial charge in [-0.05, 0) is 60.7 Å². The largest absolute Gasteiger partial charge is 0.369 e. The smallest absolute Gasteiger partial charge is 0.253 e. The van der Waals surface area contributed by atoms with Gasteiger partial charge in [-0.25, -0.2) is 0 Å². The molecule has 0 aromatic heterocycles. The summed E-state index contributed by atoms with van der Waals surface area (Å²) in [5.74, 6) is -0.621. The number of halogens is 1. The predicted octanol–water partition coefficient (Wildman–Crippen LogP) is 3.65. The van der Waals surface area contributed by atoms with Crippen molar-refractivity contribution in [2.24, 2.45) is 11.7 Å². The van der Waals surface area contributed by atoms with Gasteiger partial charge in [-0.1, -0.05) is 29.8 Å². The lowest BCUT2D eigenvalue weighted by molar-refractivity contribution is -0.123. The van der Waals surface area contributed by atoms with Gasteiger partial charge in [-0.3, -0.25) is 9.59 Å². The van der Waals surface area contributed by atoms with Crippen molar-refractivity contribution < 1.29 is 9.59 Å². The fraction of sp³-hybridized carbons (Fsp3) is 0.300. The average molecular weight is 357 g/mol. The molecule has 0 saturated carbocycles. The Bertz CT molecular complexity index is 802. The molecule has 1 aliphatic rings. The van der Waals surface area contributed by atoms with Crippen molar-refractivity contribution in [1.29, 1.82) is 0 Å². The number of nitrogens with two attached hydrogens (primary N) is 1. The fourth-order valence-electron chi connectivity index (χ4n) is 3.21. The third-order valence-electron chi connectivity index (χ3n) is 4.73. The number of amides is 2. The first-order valence-electron chi connectivity index (χ1n) is 8.41. The number of carbonyl (C=O) groups excluding carboxylic acids is 2. The summed E-state index contributed by atoms with van der Waals surface area (Å²) >= 11 is 6.07. The van der Waals surface area contributed by atoms with E-state index >= 15 is 0 Å². The molecule has 1 saturated heterocycles. The molecule has 2 amide bonds. The Labute approximate surface area is 152 Å². The average Bonchev–Trinajstić information content (AvgIpc) is 2.63. The molecule has 0 bridgehead atoms. The summed E-state index contributed by atoms with van der Waals surface area (Å²) < 4.78 is 0. The van der Waals surface area contributed by atoms with Crippen molar-refractivity contribution >= 4 is 23.4 Å². The molecular weight excluding hydrogens is 336 g/mol. The number of benzene rings is 2. The van der Waals surface area contributed by atoms with Gasteiger partial charge in [0.2, 0.25) is 5.91 Å². The molecule has 2 N–H and O–H groups in total. The number of aryl methyl sites for hydroxylation is 1. The van der Waals surface area contributed by atoms with E-state index in [4.69, 9.17) is 17.3 Å². The summed E-state index contributed by atoms with van der Waals surface area (Å²) in [6.07, 6.45) is 1.56. The van der Waals surface area contributed by atoms with Crippen LogP contribution in [0.1, 0.15) is 28.8 Å².